The molecule has 0 spiro atoms. The van der Waals surface area contributed by atoms with Gasteiger partial charge in [-0.05, 0) is 66.9 Å². The summed E-state index contributed by atoms with van der Waals surface area (Å²) in [7, 11) is -4.17. The molecule has 38 heavy (non-hydrogen) atoms. The molecule has 1 atom stereocenters. The smallest absolute Gasteiger partial charge is 0.264 e. The minimum Gasteiger partial charge on any atom is -0.354 e. The third kappa shape index (κ3) is 7.33. The van der Waals surface area contributed by atoms with Crippen molar-refractivity contribution in [2.75, 3.05) is 17.4 Å². The highest BCUT2D eigenvalue weighted by atomic mass is 35.5. The van der Waals surface area contributed by atoms with Crippen LogP contribution >= 0.6 is 11.6 Å². The molecule has 7 nitrogen and oxygen atoms in total. The Bertz CT molecular complexity index is 1320. The lowest BCUT2D eigenvalue weighted by Gasteiger charge is -2.33. The number of para-hydroxylation sites is 1. The van der Waals surface area contributed by atoms with E-state index in [0.29, 0.717) is 29.2 Å². The van der Waals surface area contributed by atoms with E-state index in [0.717, 1.165) is 10.7 Å². The van der Waals surface area contributed by atoms with Crippen LogP contribution in [0.25, 0.3) is 0 Å². The van der Waals surface area contributed by atoms with Crippen LogP contribution in [0, 0.1) is 5.82 Å². The van der Waals surface area contributed by atoms with Crippen molar-refractivity contribution in [3.05, 3.63) is 95.3 Å². The standard InChI is InChI=1S/C28H31ClFN3O4S/c1-3-18-31-28(35)26(4-2)32(19-21-10-14-23(30)15-11-21)27(34)20-33(24-8-6-5-7-9-24)38(36,37)25-16-12-22(29)13-17-25/h5-17,26H,3-4,18-20H2,1-2H3,(H,31,35)/t26-/m0/s1. The quantitative estimate of drug-likeness (QED) is 0.338. The highest BCUT2D eigenvalue weighted by Crippen LogP contribution is 2.25. The van der Waals surface area contributed by atoms with Gasteiger partial charge in [0.25, 0.3) is 10.0 Å². The van der Waals surface area contributed by atoms with Crippen molar-refractivity contribution in [2.24, 2.45) is 0 Å². The van der Waals surface area contributed by atoms with Crippen molar-refractivity contribution < 1.29 is 22.4 Å². The predicted molar refractivity (Wildman–Crippen MR) is 147 cm³/mol. The van der Waals surface area contributed by atoms with Crippen LogP contribution in [0.2, 0.25) is 5.02 Å². The Hall–Kier alpha value is -3.43. The summed E-state index contributed by atoms with van der Waals surface area (Å²) in [5, 5.41) is 3.20. The van der Waals surface area contributed by atoms with Crippen molar-refractivity contribution in [3.63, 3.8) is 0 Å². The van der Waals surface area contributed by atoms with Crippen LogP contribution in [0.15, 0.2) is 83.8 Å². The number of nitrogens with one attached hydrogen (secondary N) is 1. The van der Waals surface area contributed by atoms with Gasteiger partial charge in [-0.25, -0.2) is 12.8 Å². The molecule has 0 saturated carbocycles. The van der Waals surface area contributed by atoms with E-state index in [4.69, 9.17) is 11.6 Å². The molecule has 0 aromatic heterocycles. The second kappa shape index (κ2) is 13.4. The van der Waals surface area contributed by atoms with Gasteiger partial charge < -0.3 is 10.2 Å². The van der Waals surface area contributed by atoms with Gasteiger partial charge in [-0.15, -0.1) is 0 Å². The first-order valence-electron chi connectivity index (χ1n) is 12.3. The van der Waals surface area contributed by atoms with E-state index in [1.807, 2.05) is 6.92 Å². The number of carbonyl (C=O) groups is 2. The molecule has 1 N–H and O–H groups in total. The van der Waals surface area contributed by atoms with Crippen LogP contribution in [0.5, 0.6) is 0 Å². The molecule has 202 valence electrons. The largest absolute Gasteiger partial charge is 0.354 e. The van der Waals surface area contributed by atoms with E-state index in [2.05, 4.69) is 5.32 Å². The second-order valence-corrected chi connectivity index (χ2v) is 11.0. The number of hydrogen-bond acceptors (Lipinski definition) is 4. The maximum absolute atomic E-state index is 13.9. The lowest BCUT2D eigenvalue weighted by Crippen LogP contribution is -2.52. The van der Waals surface area contributed by atoms with E-state index in [-0.39, 0.29) is 17.3 Å². The molecular formula is C28H31ClFN3O4S. The Labute approximate surface area is 228 Å². The van der Waals surface area contributed by atoms with Crippen LogP contribution in [-0.2, 0) is 26.2 Å². The summed E-state index contributed by atoms with van der Waals surface area (Å²) < 4.78 is 42.0. The zero-order valence-corrected chi connectivity index (χ0v) is 22.9. The summed E-state index contributed by atoms with van der Waals surface area (Å²) in [6, 6.07) is 18.7. The van der Waals surface area contributed by atoms with Gasteiger partial charge in [0.15, 0.2) is 0 Å². The van der Waals surface area contributed by atoms with Crippen molar-refractivity contribution in [2.45, 2.75) is 44.2 Å². The Kier molecular flexibility index (Phi) is 10.3. The molecule has 0 fully saturated rings. The highest BCUT2D eigenvalue weighted by Gasteiger charge is 2.33. The fourth-order valence-electron chi connectivity index (χ4n) is 3.93. The number of amides is 2. The zero-order chi connectivity index (χ0) is 27.7. The van der Waals surface area contributed by atoms with Crippen molar-refractivity contribution in [3.8, 4) is 0 Å². The monoisotopic (exact) mass is 559 g/mol. The number of carbonyl (C=O) groups excluding carboxylic acids is 2. The number of halogens is 2. The Morgan fingerprint density at radius 3 is 2.16 bits per heavy atom. The van der Waals surface area contributed by atoms with Gasteiger partial charge in [-0.2, -0.15) is 0 Å². The molecule has 0 heterocycles. The van der Waals surface area contributed by atoms with Gasteiger partial charge in [-0.1, -0.05) is 55.8 Å². The van der Waals surface area contributed by atoms with Crippen LogP contribution in [-0.4, -0.2) is 44.3 Å². The summed E-state index contributed by atoms with van der Waals surface area (Å²) in [5.41, 5.74) is 0.898. The Morgan fingerprint density at radius 2 is 1.58 bits per heavy atom. The van der Waals surface area contributed by atoms with Crippen LogP contribution in [0.3, 0.4) is 0 Å². The average molecular weight is 560 g/mol. The fraction of sp³-hybridized carbons (Fsp3) is 0.286. The predicted octanol–water partition coefficient (Wildman–Crippen LogP) is 5.01. The normalized spacial score (nSPS) is 12.0. The summed E-state index contributed by atoms with van der Waals surface area (Å²) >= 11 is 5.96. The minimum atomic E-state index is -4.17. The number of rotatable bonds is 12. The van der Waals surface area contributed by atoms with Crippen molar-refractivity contribution >= 4 is 39.1 Å². The summed E-state index contributed by atoms with van der Waals surface area (Å²) in [6.45, 7) is 3.59. The van der Waals surface area contributed by atoms with E-state index in [9.17, 15) is 22.4 Å². The third-order valence-electron chi connectivity index (χ3n) is 5.93. The van der Waals surface area contributed by atoms with Crippen LogP contribution < -0.4 is 9.62 Å². The van der Waals surface area contributed by atoms with E-state index in [1.165, 1.54) is 53.4 Å². The molecule has 0 saturated heterocycles. The van der Waals surface area contributed by atoms with Gasteiger partial charge in [0.05, 0.1) is 10.6 Å². The zero-order valence-electron chi connectivity index (χ0n) is 21.3. The van der Waals surface area contributed by atoms with E-state index in [1.54, 1.807) is 37.3 Å². The van der Waals surface area contributed by atoms with Crippen LogP contribution in [0.4, 0.5) is 10.1 Å². The SMILES string of the molecule is CCCNC(=O)[C@H](CC)N(Cc1ccc(F)cc1)C(=O)CN(c1ccccc1)S(=O)(=O)c1ccc(Cl)cc1. The molecule has 0 bridgehead atoms. The number of sulfonamides is 1. The maximum atomic E-state index is 13.9. The molecule has 0 aliphatic rings. The lowest BCUT2D eigenvalue weighted by molar-refractivity contribution is -0.140. The highest BCUT2D eigenvalue weighted by molar-refractivity contribution is 7.92. The number of benzene rings is 3. The molecule has 3 aromatic carbocycles. The van der Waals surface area contributed by atoms with Gasteiger partial charge in [0.1, 0.15) is 18.4 Å². The van der Waals surface area contributed by atoms with E-state index < -0.39 is 34.3 Å². The maximum Gasteiger partial charge on any atom is 0.264 e. The molecule has 3 aromatic rings. The molecule has 0 unspecified atom stereocenters. The van der Waals surface area contributed by atoms with Crippen LogP contribution in [0.1, 0.15) is 32.3 Å². The Morgan fingerprint density at radius 1 is 0.947 bits per heavy atom. The summed E-state index contributed by atoms with van der Waals surface area (Å²) in [4.78, 5) is 28.2. The van der Waals surface area contributed by atoms with E-state index >= 15 is 0 Å². The molecule has 0 aliphatic heterocycles. The summed E-state index contributed by atoms with van der Waals surface area (Å²) in [5.74, 6) is -1.34. The molecule has 2 amide bonds. The lowest BCUT2D eigenvalue weighted by atomic mass is 10.1. The van der Waals surface area contributed by atoms with Crippen molar-refractivity contribution in [1.29, 1.82) is 0 Å². The number of hydrogen-bond donors (Lipinski definition) is 1. The first-order chi connectivity index (χ1) is 18.2. The van der Waals surface area contributed by atoms with Crippen molar-refractivity contribution in [1.82, 2.24) is 10.2 Å². The van der Waals surface area contributed by atoms with Gasteiger partial charge in [0.2, 0.25) is 11.8 Å². The average Bonchev–Trinajstić information content (AvgIpc) is 2.92. The van der Waals surface area contributed by atoms with Gasteiger partial charge in [0, 0.05) is 18.1 Å². The van der Waals surface area contributed by atoms with Gasteiger partial charge >= 0.3 is 0 Å². The Balaban J connectivity index is 2.01. The summed E-state index contributed by atoms with van der Waals surface area (Å²) in [6.07, 6.45) is 1.02. The third-order valence-corrected chi connectivity index (χ3v) is 7.97. The topological polar surface area (TPSA) is 86.8 Å². The van der Waals surface area contributed by atoms with Gasteiger partial charge in [-0.3, -0.25) is 13.9 Å². The second-order valence-electron chi connectivity index (χ2n) is 8.66. The molecule has 0 radical (unpaired) electrons. The number of nitrogens with zero attached hydrogens (tertiary/aromatic N) is 2. The first-order valence-corrected chi connectivity index (χ1v) is 14.1. The molecule has 10 heteroatoms. The fourth-order valence-corrected chi connectivity index (χ4v) is 5.47. The molecule has 0 aliphatic carbocycles. The number of anilines is 1. The first kappa shape index (κ1) is 29.1. The minimum absolute atomic E-state index is 0.000781. The molecule has 3 rings (SSSR count). The molecular weight excluding hydrogens is 529 g/mol.